The molecular formula is C66H14Cl4F30N6. The van der Waals surface area contributed by atoms with Crippen LogP contribution in [0.15, 0.2) is 69.3 Å². The number of aromatic nitrogens is 5. The third kappa shape index (κ3) is 10.7. The van der Waals surface area contributed by atoms with Crippen molar-refractivity contribution in [2.24, 2.45) is 4.99 Å². The Kier molecular flexibility index (Phi) is 18.2. The number of hydrogen-bond acceptors (Lipinski definition) is 1. The first-order valence-electron chi connectivity index (χ1n) is 28.1. The molecule has 6 nitrogen and oxygen atoms in total. The summed E-state index contributed by atoms with van der Waals surface area (Å²) in [4.78, 5) is 14.1. The third-order valence-electron chi connectivity index (χ3n) is 16.5. The summed E-state index contributed by atoms with van der Waals surface area (Å²) in [5.41, 5.74) is -33.9. The number of allylic oxidation sites excluding steroid dienone is 2. The van der Waals surface area contributed by atoms with Gasteiger partial charge in [0.05, 0.1) is 70.9 Å². The molecule has 1 atom stereocenters. The minimum absolute atomic E-state index is 0.308. The molecule has 0 saturated carbocycles. The summed E-state index contributed by atoms with van der Waals surface area (Å²) in [7, 11) is 0. The predicted octanol–water partition coefficient (Wildman–Crippen LogP) is 17.8. The van der Waals surface area contributed by atoms with Crippen LogP contribution in [0, 0.1) is 175 Å². The molecule has 0 spiro atoms. The minimum Gasteiger partial charge on any atom is -0.357 e. The lowest BCUT2D eigenvalue weighted by molar-refractivity contribution is 0.368. The lowest BCUT2D eigenvalue weighted by atomic mass is 9.91. The first-order chi connectivity index (χ1) is 49.8. The van der Waals surface area contributed by atoms with Crippen LogP contribution in [0.4, 0.5) is 132 Å². The fourth-order valence-corrected chi connectivity index (χ4v) is 12.8. The average molecular weight is 1600 g/mol. The highest BCUT2D eigenvalue weighted by Gasteiger charge is 2.43. The largest absolute Gasteiger partial charge is 0.357 e. The van der Waals surface area contributed by atoms with E-state index in [2.05, 4.69) is 15.0 Å². The van der Waals surface area contributed by atoms with Crippen LogP contribution in [0.1, 0.15) is 73.5 Å². The molecule has 0 aliphatic carbocycles. The van der Waals surface area contributed by atoms with E-state index in [1.165, 1.54) is 0 Å². The molecule has 13 rings (SSSR count). The van der Waals surface area contributed by atoms with E-state index >= 15 is 105 Å². The molecule has 0 radical (unpaired) electrons. The maximum atomic E-state index is 16.7. The summed E-state index contributed by atoms with van der Waals surface area (Å²) in [6, 6.07) is 2.66. The van der Waals surface area contributed by atoms with Gasteiger partial charge in [-0.15, -0.1) is 0 Å². The number of aromatic amines is 5. The summed E-state index contributed by atoms with van der Waals surface area (Å²) in [6.07, 6.45) is 0. The number of aliphatic imine (C=N–C) groups is 1. The second-order valence-corrected chi connectivity index (χ2v) is 23.7. The highest BCUT2D eigenvalue weighted by molar-refractivity contribution is 6.58. The molecular weight excluding hydrogens is 1590 g/mol. The number of benzene rings is 6. The average Bonchev–Trinajstić information content (AvgIpc) is 1.57. The van der Waals surface area contributed by atoms with Crippen LogP contribution in [0.5, 0.6) is 0 Å². The van der Waals surface area contributed by atoms with Gasteiger partial charge in [-0.1, -0.05) is 46.4 Å². The number of hydrogen-bond donors (Lipinski definition) is 5. The quantitative estimate of drug-likeness (QED) is 0.0624. The Morgan fingerprint density at radius 2 is 0.519 bits per heavy atom. The topological polar surface area (TPSA) is 91.3 Å². The highest BCUT2D eigenvalue weighted by atomic mass is 35.5. The molecule has 0 amide bonds. The van der Waals surface area contributed by atoms with Gasteiger partial charge in [0.2, 0.25) is 34.9 Å². The maximum Gasteiger partial charge on any atom is 0.200 e. The molecule has 0 saturated heterocycles. The van der Waals surface area contributed by atoms with Crippen LogP contribution in [-0.2, 0) is 0 Å². The molecule has 546 valence electrons. The van der Waals surface area contributed by atoms with E-state index in [9.17, 15) is 26.3 Å². The zero-order valence-electron chi connectivity index (χ0n) is 49.5. The van der Waals surface area contributed by atoms with Gasteiger partial charge in [-0.3, -0.25) is 0 Å². The Morgan fingerprint density at radius 1 is 0.245 bits per heavy atom. The van der Waals surface area contributed by atoms with Crippen molar-refractivity contribution in [3.05, 3.63) is 338 Å². The van der Waals surface area contributed by atoms with Gasteiger partial charge in [-0.2, -0.15) is 0 Å². The van der Waals surface area contributed by atoms with Gasteiger partial charge < -0.3 is 24.9 Å². The van der Waals surface area contributed by atoms with Crippen LogP contribution in [0.25, 0.3) is 27.9 Å². The van der Waals surface area contributed by atoms with Gasteiger partial charge >= 0.3 is 0 Å². The molecule has 0 fully saturated rings. The molecule has 5 N–H and O–H groups in total. The SMILES string of the molecule is Fc1c(F)c(F)c(/C2=C3N=C(C(Cl)=C/3Cl)/C(c3c(F)c(F)c(F)c(F)c3F)=c3/cc/c([nH]3)=C(\c3c(F)c(F)c(F)c(F)c3F)c3ccc([nH]3)[C@@H](c3c(F)c(F)c(F)c(F)c3F)c3[nH]c(c(Cl)c3Cl)/C(c3c(F)c(F)c(F)c(F)c3F)=c3/cc/c([nH]3)=C(\c3c(F)c(F)c(F)c(F)c3F)c3ccc2[nH]3)c(F)c1F. The Bertz CT molecular complexity index is 6060. The lowest BCUT2D eigenvalue weighted by Crippen LogP contribution is -2.23. The molecule has 0 unspecified atom stereocenters. The first-order valence-corrected chi connectivity index (χ1v) is 29.6. The van der Waals surface area contributed by atoms with Gasteiger partial charge in [-0.05, 0) is 48.5 Å². The Hall–Kier alpha value is -10.6. The van der Waals surface area contributed by atoms with E-state index in [4.69, 9.17) is 46.4 Å². The standard InChI is InChI=1S/C66H14Cl4F30N6/c67-29-30(68)64-21(27-41(79)53(91)61(99)54(92)42(27)80)15-7-3-11(103-15)18(24-35(73)47(85)58(96)48(86)36(24)74)12-4-8-16(104-12)22(28-43(81)55(93)62(100)56(94)44(28)82)66-32(70)31(69)65(106-66)20(26-39(77)51(89)60(98)52(90)40(26)78)14-6-2-10(102-14)17(23-33(71)45(83)57(95)46(84)34(23)72)9-1-5-13(101-9)19(63(29)105-64)25-37(75)49(87)59(97)50(88)38(25)76/h1-8,19,101-105H/b17-10+,18-11+,20-14-,21-15-,66-22+/t19-/m0/s1. The number of nitrogens with one attached hydrogen (secondary N) is 5. The summed E-state index contributed by atoms with van der Waals surface area (Å²) in [6.45, 7) is 0. The monoisotopic (exact) mass is 1600 g/mol. The summed E-state index contributed by atoms with van der Waals surface area (Å²) in [5.74, 6) is -91.0. The number of H-pyrrole nitrogens is 5. The number of fused-ring (bicyclic) bond motifs is 11. The summed E-state index contributed by atoms with van der Waals surface area (Å²) >= 11 is 26.6. The van der Waals surface area contributed by atoms with Gasteiger partial charge in [0.1, 0.15) is 0 Å². The molecule has 106 heavy (non-hydrogen) atoms. The molecule has 11 aromatic rings. The van der Waals surface area contributed by atoms with Crippen LogP contribution in [0.3, 0.4) is 0 Å². The lowest BCUT2D eigenvalue weighted by Gasteiger charge is -2.19. The summed E-state index contributed by atoms with van der Waals surface area (Å²) in [5, 5.41) is -11.5. The second-order valence-electron chi connectivity index (χ2n) is 22.2. The molecule has 12 bridgehead atoms. The van der Waals surface area contributed by atoms with E-state index in [-0.39, 0.29) is 0 Å². The third-order valence-corrected chi connectivity index (χ3v) is 18.2. The molecule has 2 aliphatic heterocycles. The number of rotatable bonds is 6. The van der Waals surface area contributed by atoms with Crippen molar-refractivity contribution in [3.8, 4) is 0 Å². The van der Waals surface area contributed by atoms with Crippen LogP contribution in [-0.4, -0.2) is 30.6 Å². The van der Waals surface area contributed by atoms with Gasteiger partial charge in [0.25, 0.3) is 0 Å². The Morgan fingerprint density at radius 3 is 0.887 bits per heavy atom. The highest BCUT2D eigenvalue weighted by Crippen LogP contribution is 2.49. The Labute approximate surface area is 583 Å². The molecule has 40 heteroatoms. The van der Waals surface area contributed by atoms with Crippen molar-refractivity contribution in [3.63, 3.8) is 0 Å². The van der Waals surface area contributed by atoms with E-state index < -0.39 is 329 Å². The number of nitrogens with zero attached hydrogens (tertiary/aromatic N) is 1. The van der Waals surface area contributed by atoms with Gasteiger partial charge in [0.15, 0.2) is 140 Å². The first kappa shape index (κ1) is 73.7. The van der Waals surface area contributed by atoms with Crippen molar-refractivity contribution in [1.82, 2.24) is 24.9 Å². The smallest absolute Gasteiger partial charge is 0.200 e. The van der Waals surface area contributed by atoms with Crippen molar-refractivity contribution in [2.45, 2.75) is 5.92 Å². The van der Waals surface area contributed by atoms with Crippen LogP contribution >= 0.6 is 46.4 Å². The summed E-state index contributed by atoms with van der Waals surface area (Å²) < 4.78 is 477. The van der Waals surface area contributed by atoms with Gasteiger partial charge in [-0.25, -0.2) is 137 Å². The number of halogens is 34. The van der Waals surface area contributed by atoms with Crippen LogP contribution < -0.4 is 21.4 Å². The zero-order valence-corrected chi connectivity index (χ0v) is 52.5. The van der Waals surface area contributed by atoms with E-state index in [1.807, 2.05) is 15.0 Å². The van der Waals surface area contributed by atoms with E-state index in [0.717, 1.165) is 0 Å². The van der Waals surface area contributed by atoms with E-state index in [1.54, 1.807) is 0 Å². The van der Waals surface area contributed by atoms with Crippen molar-refractivity contribution < 1.29 is 132 Å². The fourth-order valence-electron chi connectivity index (χ4n) is 11.8. The minimum atomic E-state index is -3.13. The molecule has 5 aromatic heterocycles. The molecule has 6 aromatic carbocycles. The zero-order chi connectivity index (χ0) is 77.4. The van der Waals surface area contributed by atoms with Crippen molar-refractivity contribution in [1.29, 1.82) is 0 Å². The normalized spacial score (nSPS) is 17.0. The van der Waals surface area contributed by atoms with E-state index in [0.29, 0.717) is 48.5 Å². The van der Waals surface area contributed by atoms with Crippen molar-refractivity contribution in [2.75, 3.05) is 0 Å². The molecule has 7 heterocycles. The van der Waals surface area contributed by atoms with Crippen molar-refractivity contribution >= 4 is 80.0 Å². The maximum absolute atomic E-state index is 16.7. The van der Waals surface area contributed by atoms with Crippen LogP contribution in [0.2, 0.25) is 10.0 Å². The fraction of sp³-hybridized carbons (Fsp3) is 0.0152. The van der Waals surface area contributed by atoms with Gasteiger partial charge in [0, 0.05) is 83.3 Å². The molecule has 2 aliphatic rings. The Balaban J connectivity index is 1.31. The predicted molar refractivity (Wildman–Crippen MR) is 310 cm³/mol. The second kappa shape index (κ2) is 26.2.